The van der Waals surface area contributed by atoms with Gasteiger partial charge in [0.15, 0.2) is 5.11 Å². The second kappa shape index (κ2) is 7.69. The third kappa shape index (κ3) is 4.39. The van der Waals surface area contributed by atoms with Crippen molar-refractivity contribution in [2.24, 2.45) is 0 Å². The summed E-state index contributed by atoms with van der Waals surface area (Å²) >= 11 is 6.63. The lowest BCUT2D eigenvalue weighted by Gasteiger charge is -2.35. The molecule has 0 aromatic carbocycles. The fourth-order valence-corrected chi connectivity index (χ4v) is 5.02. The summed E-state index contributed by atoms with van der Waals surface area (Å²) in [7, 11) is 0.684. The van der Waals surface area contributed by atoms with E-state index in [-0.39, 0.29) is 0 Å². The lowest BCUT2D eigenvalue weighted by atomic mass is 10.4. The Bertz CT molecular complexity index is 578. The predicted molar refractivity (Wildman–Crippen MR) is 93.8 cm³/mol. The van der Waals surface area contributed by atoms with Crippen LogP contribution in [0, 0.1) is 0 Å². The molecule has 0 radical (unpaired) electrons. The Hall–Kier alpha value is -0.740. The maximum atomic E-state index is 12.4. The molecule has 0 bridgehead atoms. The summed E-state index contributed by atoms with van der Waals surface area (Å²) in [6.07, 6.45) is 0. The zero-order valence-electron chi connectivity index (χ0n) is 12.9. The first kappa shape index (κ1) is 17.6. The van der Waals surface area contributed by atoms with Crippen molar-refractivity contribution < 1.29 is 8.42 Å². The van der Waals surface area contributed by atoms with Gasteiger partial charge >= 0.3 is 0 Å². The van der Waals surface area contributed by atoms with Gasteiger partial charge in [0.1, 0.15) is 4.21 Å². The van der Waals surface area contributed by atoms with E-state index in [1.165, 1.54) is 15.6 Å². The summed E-state index contributed by atoms with van der Waals surface area (Å²) in [4.78, 5) is 4.12. The largest absolute Gasteiger partial charge is 0.361 e. The van der Waals surface area contributed by atoms with Crippen molar-refractivity contribution in [3.05, 3.63) is 17.5 Å². The average Bonchev–Trinajstić information content (AvgIpc) is 3.02. The number of nitrogens with one attached hydrogen (secondary N) is 1. The molecular formula is C13H22N4O2S3. The second-order valence-corrected chi connectivity index (χ2v) is 8.86. The Balaban J connectivity index is 1.84. The fourth-order valence-electron chi connectivity index (χ4n) is 2.17. The smallest absolute Gasteiger partial charge is 0.252 e. The molecule has 1 saturated heterocycles. The molecule has 1 fully saturated rings. The molecule has 1 aliphatic rings. The van der Waals surface area contributed by atoms with Gasteiger partial charge in [-0.25, -0.2) is 8.42 Å². The van der Waals surface area contributed by atoms with Gasteiger partial charge < -0.3 is 15.1 Å². The molecule has 0 saturated carbocycles. The van der Waals surface area contributed by atoms with Crippen LogP contribution in [-0.2, 0) is 10.0 Å². The Morgan fingerprint density at radius 3 is 2.59 bits per heavy atom. The number of thiocarbonyl (C=S) groups is 1. The first-order valence-electron chi connectivity index (χ1n) is 7.12. The van der Waals surface area contributed by atoms with Crippen molar-refractivity contribution in [3.8, 4) is 0 Å². The Labute approximate surface area is 141 Å². The highest BCUT2D eigenvalue weighted by molar-refractivity contribution is 7.91. The van der Waals surface area contributed by atoms with Gasteiger partial charge in [-0.05, 0) is 37.8 Å². The van der Waals surface area contributed by atoms with E-state index in [0.29, 0.717) is 35.5 Å². The minimum absolute atomic E-state index is 0.410. The molecule has 0 spiro atoms. The summed E-state index contributed by atoms with van der Waals surface area (Å²) in [6.45, 7) is 3.88. The standard InChI is InChI=1S/C13H22N4O2S3/c1-15(2)6-5-14-13(20)16-7-9-17(10-8-16)22(18,19)12-4-3-11-21-12/h3-4,11H,5-10H2,1-2H3,(H,14,20). The van der Waals surface area contributed by atoms with E-state index < -0.39 is 10.0 Å². The topological polar surface area (TPSA) is 55.9 Å². The Morgan fingerprint density at radius 2 is 2.05 bits per heavy atom. The molecule has 1 aromatic rings. The van der Waals surface area contributed by atoms with Gasteiger partial charge in [-0.15, -0.1) is 11.3 Å². The lowest BCUT2D eigenvalue weighted by molar-refractivity contribution is 0.263. The Kier molecular flexibility index (Phi) is 6.16. The number of thiophene rings is 1. The van der Waals surface area contributed by atoms with E-state index in [0.717, 1.165) is 13.1 Å². The monoisotopic (exact) mass is 362 g/mol. The van der Waals surface area contributed by atoms with E-state index in [4.69, 9.17) is 12.2 Å². The van der Waals surface area contributed by atoms with Gasteiger partial charge in [-0.3, -0.25) is 0 Å². The lowest BCUT2D eigenvalue weighted by Crippen LogP contribution is -2.53. The van der Waals surface area contributed by atoms with E-state index in [1.807, 2.05) is 19.0 Å². The number of piperazine rings is 1. The molecule has 1 aliphatic heterocycles. The normalized spacial score (nSPS) is 17.0. The van der Waals surface area contributed by atoms with E-state index >= 15 is 0 Å². The van der Waals surface area contributed by atoms with Crippen LogP contribution in [0.25, 0.3) is 0 Å². The molecule has 1 aromatic heterocycles. The van der Waals surface area contributed by atoms with Crippen LogP contribution >= 0.6 is 23.6 Å². The first-order valence-corrected chi connectivity index (χ1v) is 9.85. The van der Waals surface area contributed by atoms with Gasteiger partial charge in [-0.2, -0.15) is 4.31 Å². The number of hydrogen-bond acceptors (Lipinski definition) is 5. The third-order valence-corrected chi connectivity index (χ3v) is 7.12. The van der Waals surface area contributed by atoms with Gasteiger partial charge in [-0.1, -0.05) is 6.07 Å². The summed E-state index contributed by atoms with van der Waals surface area (Å²) in [5.74, 6) is 0. The highest BCUT2D eigenvalue weighted by Crippen LogP contribution is 2.21. The van der Waals surface area contributed by atoms with Crippen LogP contribution in [0.1, 0.15) is 0 Å². The summed E-state index contributed by atoms with van der Waals surface area (Å²) < 4.78 is 26.8. The summed E-state index contributed by atoms with van der Waals surface area (Å²) in [5, 5.41) is 5.70. The summed E-state index contributed by atoms with van der Waals surface area (Å²) in [6, 6.07) is 3.41. The van der Waals surface area contributed by atoms with Crippen LogP contribution in [0.15, 0.2) is 21.7 Å². The maximum Gasteiger partial charge on any atom is 0.252 e. The van der Waals surface area contributed by atoms with Gasteiger partial charge in [0, 0.05) is 39.3 Å². The van der Waals surface area contributed by atoms with E-state index in [1.54, 1.807) is 17.5 Å². The van der Waals surface area contributed by atoms with Crippen LogP contribution in [0.2, 0.25) is 0 Å². The van der Waals surface area contributed by atoms with E-state index in [9.17, 15) is 8.42 Å². The molecule has 0 unspecified atom stereocenters. The van der Waals surface area contributed by atoms with Crippen LogP contribution < -0.4 is 5.32 Å². The molecule has 9 heteroatoms. The predicted octanol–water partition coefficient (Wildman–Crippen LogP) is 0.491. The van der Waals surface area contributed by atoms with Crippen molar-refractivity contribution >= 4 is 38.7 Å². The van der Waals surface area contributed by atoms with Crippen molar-refractivity contribution in [2.75, 3.05) is 53.4 Å². The third-order valence-electron chi connectivity index (χ3n) is 3.45. The molecular weight excluding hydrogens is 340 g/mol. The van der Waals surface area contributed by atoms with Crippen molar-refractivity contribution in [1.29, 1.82) is 0 Å². The molecule has 2 rings (SSSR count). The molecule has 0 atom stereocenters. The van der Waals surface area contributed by atoms with Gasteiger partial charge in [0.05, 0.1) is 0 Å². The zero-order valence-corrected chi connectivity index (χ0v) is 15.3. The minimum atomic E-state index is -3.34. The van der Waals surface area contributed by atoms with Crippen LogP contribution in [0.5, 0.6) is 0 Å². The molecule has 1 N–H and O–H groups in total. The summed E-state index contributed by atoms with van der Waals surface area (Å²) in [5.41, 5.74) is 0. The molecule has 6 nitrogen and oxygen atoms in total. The van der Waals surface area contributed by atoms with Gasteiger partial charge in [0.2, 0.25) is 0 Å². The van der Waals surface area contributed by atoms with Crippen LogP contribution in [0.4, 0.5) is 0 Å². The van der Waals surface area contributed by atoms with Gasteiger partial charge in [0.25, 0.3) is 10.0 Å². The number of likely N-dealkylation sites (N-methyl/N-ethyl adjacent to an activating group) is 1. The zero-order chi connectivity index (χ0) is 16.2. The molecule has 124 valence electrons. The van der Waals surface area contributed by atoms with Crippen molar-refractivity contribution in [2.45, 2.75) is 4.21 Å². The SMILES string of the molecule is CN(C)CCNC(=S)N1CCN(S(=O)(=O)c2cccs2)CC1. The van der Waals surface area contributed by atoms with Crippen LogP contribution in [0.3, 0.4) is 0 Å². The average molecular weight is 363 g/mol. The number of rotatable bonds is 5. The van der Waals surface area contributed by atoms with Crippen molar-refractivity contribution in [3.63, 3.8) is 0 Å². The van der Waals surface area contributed by atoms with Crippen LogP contribution in [-0.4, -0.2) is 81.0 Å². The molecule has 0 amide bonds. The molecule has 0 aliphatic carbocycles. The quantitative estimate of drug-likeness (QED) is 0.770. The number of hydrogen-bond donors (Lipinski definition) is 1. The Morgan fingerprint density at radius 1 is 1.36 bits per heavy atom. The van der Waals surface area contributed by atoms with E-state index in [2.05, 4.69) is 10.2 Å². The minimum Gasteiger partial charge on any atom is -0.361 e. The fraction of sp³-hybridized carbons (Fsp3) is 0.615. The highest BCUT2D eigenvalue weighted by Gasteiger charge is 2.29. The maximum absolute atomic E-state index is 12.4. The highest BCUT2D eigenvalue weighted by atomic mass is 32.2. The number of sulfonamides is 1. The molecule has 2 heterocycles. The number of nitrogens with zero attached hydrogens (tertiary/aromatic N) is 3. The second-order valence-electron chi connectivity index (χ2n) is 5.36. The molecule has 22 heavy (non-hydrogen) atoms. The first-order chi connectivity index (χ1) is 10.4. The van der Waals surface area contributed by atoms with Crippen molar-refractivity contribution in [1.82, 2.24) is 19.4 Å².